The van der Waals surface area contributed by atoms with Gasteiger partial charge >= 0.3 is 0 Å². The van der Waals surface area contributed by atoms with Crippen LogP contribution >= 0.6 is 15.9 Å². The predicted octanol–water partition coefficient (Wildman–Crippen LogP) is 1.60. The summed E-state index contributed by atoms with van der Waals surface area (Å²) in [6.07, 6.45) is 0. The maximum Gasteiger partial charge on any atom is 0.241 e. The third kappa shape index (κ3) is 4.59. The van der Waals surface area contributed by atoms with Crippen molar-refractivity contribution in [1.82, 2.24) is 9.62 Å². The van der Waals surface area contributed by atoms with Crippen LogP contribution in [0.2, 0.25) is 0 Å². The standard InChI is InChI=1S/C12H17BrN2O3S/c1-3-15(4-2)12(16)9-14-19(17,18)11-7-5-6-10(13)8-11/h5-8,14H,3-4,9H2,1-2H3. The molecule has 0 aliphatic carbocycles. The van der Waals surface area contributed by atoms with Gasteiger partial charge in [-0.1, -0.05) is 22.0 Å². The normalized spacial score (nSPS) is 11.3. The average Bonchev–Trinajstić information content (AvgIpc) is 2.38. The van der Waals surface area contributed by atoms with Crippen LogP contribution in [0.1, 0.15) is 13.8 Å². The molecule has 0 aliphatic rings. The van der Waals surface area contributed by atoms with Crippen LogP contribution < -0.4 is 4.72 Å². The first-order valence-corrected chi connectivity index (χ1v) is 8.21. The van der Waals surface area contributed by atoms with Crippen LogP contribution in [0, 0.1) is 0 Å². The van der Waals surface area contributed by atoms with Crippen LogP contribution in [0.15, 0.2) is 33.6 Å². The number of hydrogen-bond donors (Lipinski definition) is 1. The van der Waals surface area contributed by atoms with E-state index in [1.54, 1.807) is 17.0 Å². The molecule has 106 valence electrons. The van der Waals surface area contributed by atoms with E-state index in [1.165, 1.54) is 12.1 Å². The molecule has 0 heterocycles. The number of hydrogen-bond acceptors (Lipinski definition) is 3. The van der Waals surface area contributed by atoms with Crippen molar-refractivity contribution >= 4 is 31.9 Å². The first kappa shape index (κ1) is 16.1. The Balaban J connectivity index is 2.74. The zero-order valence-corrected chi connectivity index (χ0v) is 13.3. The Bertz CT molecular complexity index is 542. The van der Waals surface area contributed by atoms with Crippen LogP contribution in [0.3, 0.4) is 0 Å². The number of amides is 1. The van der Waals surface area contributed by atoms with E-state index < -0.39 is 10.0 Å². The van der Waals surface area contributed by atoms with Gasteiger partial charge < -0.3 is 4.90 Å². The van der Waals surface area contributed by atoms with Gasteiger partial charge in [-0.25, -0.2) is 13.1 Å². The highest BCUT2D eigenvalue weighted by molar-refractivity contribution is 9.10. The lowest BCUT2D eigenvalue weighted by Gasteiger charge is -2.18. The molecule has 5 nitrogen and oxygen atoms in total. The maximum absolute atomic E-state index is 12.0. The second kappa shape index (κ2) is 7.02. The summed E-state index contributed by atoms with van der Waals surface area (Å²) in [5.41, 5.74) is 0. The topological polar surface area (TPSA) is 66.5 Å². The molecule has 1 amide bonds. The molecule has 0 unspecified atom stereocenters. The van der Waals surface area contributed by atoms with Crippen molar-refractivity contribution in [2.45, 2.75) is 18.7 Å². The molecule has 0 aromatic heterocycles. The number of benzene rings is 1. The highest BCUT2D eigenvalue weighted by Gasteiger charge is 2.17. The molecule has 19 heavy (non-hydrogen) atoms. The number of nitrogens with one attached hydrogen (secondary N) is 1. The van der Waals surface area contributed by atoms with Gasteiger partial charge in [-0.05, 0) is 32.0 Å². The van der Waals surface area contributed by atoms with Gasteiger partial charge in [-0.3, -0.25) is 4.79 Å². The van der Waals surface area contributed by atoms with Gasteiger partial charge in [0.15, 0.2) is 0 Å². The number of rotatable bonds is 6. The van der Waals surface area contributed by atoms with Crippen LogP contribution in [0.5, 0.6) is 0 Å². The highest BCUT2D eigenvalue weighted by Crippen LogP contribution is 2.15. The third-order valence-electron chi connectivity index (χ3n) is 2.64. The van der Waals surface area contributed by atoms with Crippen molar-refractivity contribution in [1.29, 1.82) is 0 Å². The highest BCUT2D eigenvalue weighted by atomic mass is 79.9. The smallest absolute Gasteiger partial charge is 0.241 e. The minimum absolute atomic E-state index is 0.134. The second-order valence-corrected chi connectivity index (χ2v) is 6.53. The van der Waals surface area contributed by atoms with Crippen molar-refractivity contribution < 1.29 is 13.2 Å². The summed E-state index contributed by atoms with van der Waals surface area (Å²) in [6.45, 7) is 4.60. The van der Waals surface area contributed by atoms with E-state index >= 15 is 0 Å². The quantitative estimate of drug-likeness (QED) is 0.848. The minimum atomic E-state index is -3.66. The molecule has 1 aromatic carbocycles. The summed E-state index contributed by atoms with van der Waals surface area (Å²) >= 11 is 3.21. The molecule has 0 radical (unpaired) electrons. The fourth-order valence-electron chi connectivity index (χ4n) is 1.56. The van der Waals surface area contributed by atoms with Gasteiger partial charge in [-0.15, -0.1) is 0 Å². The summed E-state index contributed by atoms with van der Waals surface area (Å²) in [6, 6.07) is 6.34. The molecule has 0 saturated carbocycles. The van der Waals surface area contributed by atoms with Crippen molar-refractivity contribution in [3.8, 4) is 0 Å². The summed E-state index contributed by atoms with van der Waals surface area (Å²) in [7, 11) is -3.66. The summed E-state index contributed by atoms with van der Waals surface area (Å²) in [4.78, 5) is 13.4. The molecule has 0 atom stereocenters. The molecular weight excluding hydrogens is 332 g/mol. The van der Waals surface area contributed by atoms with Crippen molar-refractivity contribution in [2.24, 2.45) is 0 Å². The molecule has 0 saturated heterocycles. The molecule has 0 bridgehead atoms. The molecule has 1 rings (SSSR count). The first-order valence-electron chi connectivity index (χ1n) is 5.93. The molecule has 0 spiro atoms. The lowest BCUT2D eigenvalue weighted by molar-refractivity contribution is -0.129. The van der Waals surface area contributed by atoms with Gasteiger partial charge in [0.2, 0.25) is 15.9 Å². The first-order chi connectivity index (χ1) is 8.90. The molecule has 7 heteroatoms. The Morgan fingerprint density at radius 2 is 1.95 bits per heavy atom. The van der Waals surface area contributed by atoms with Crippen molar-refractivity contribution in [2.75, 3.05) is 19.6 Å². The fourth-order valence-corrected chi connectivity index (χ4v) is 3.13. The van der Waals surface area contributed by atoms with Crippen LogP contribution in [-0.4, -0.2) is 38.9 Å². The van der Waals surface area contributed by atoms with Gasteiger partial charge in [0.1, 0.15) is 0 Å². The van der Waals surface area contributed by atoms with E-state index in [0.717, 1.165) is 0 Å². The average molecular weight is 349 g/mol. The summed E-state index contributed by atoms with van der Waals surface area (Å²) < 4.78 is 27.0. The number of sulfonamides is 1. The lowest BCUT2D eigenvalue weighted by Crippen LogP contribution is -2.39. The zero-order chi connectivity index (χ0) is 14.5. The van der Waals surface area contributed by atoms with E-state index in [2.05, 4.69) is 20.7 Å². The molecular formula is C12H17BrN2O3S. The van der Waals surface area contributed by atoms with Gasteiger partial charge in [0, 0.05) is 17.6 Å². The Kier molecular flexibility index (Phi) is 5.96. The molecule has 0 aliphatic heterocycles. The zero-order valence-electron chi connectivity index (χ0n) is 10.9. The molecule has 0 fully saturated rings. The molecule has 1 N–H and O–H groups in total. The predicted molar refractivity (Wildman–Crippen MR) is 77.3 cm³/mol. The van der Waals surface area contributed by atoms with E-state index in [9.17, 15) is 13.2 Å². The summed E-state index contributed by atoms with van der Waals surface area (Å²) in [5, 5.41) is 0. The number of carbonyl (C=O) groups excluding carboxylic acids is 1. The van der Waals surface area contributed by atoms with Crippen molar-refractivity contribution in [3.63, 3.8) is 0 Å². The fraction of sp³-hybridized carbons (Fsp3) is 0.417. The Labute approximate surface area is 122 Å². The Morgan fingerprint density at radius 3 is 2.47 bits per heavy atom. The van der Waals surface area contributed by atoms with Gasteiger partial charge in [0.25, 0.3) is 0 Å². The number of carbonyl (C=O) groups is 1. The lowest BCUT2D eigenvalue weighted by atomic mass is 10.4. The Hall–Kier alpha value is -0.920. The number of likely N-dealkylation sites (N-methyl/N-ethyl adjacent to an activating group) is 1. The summed E-state index contributed by atoms with van der Waals surface area (Å²) in [5.74, 6) is -0.233. The van der Waals surface area contributed by atoms with Gasteiger partial charge in [0.05, 0.1) is 11.4 Å². The van der Waals surface area contributed by atoms with E-state index in [1.807, 2.05) is 13.8 Å². The second-order valence-electron chi connectivity index (χ2n) is 3.85. The van der Waals surface area contributed by atoms with Gasteiger partial charge in [-0.2, -0.15) is 0 Å². The van der Waals surface area contributed by atoms with Crippen LogP contribution in [-0.2, 0) is 14.8 Å². The van der Waals surface area contributed by atoms with E-state index in [0.29, 0.717) is 17.6 Å². The number of halogens is 1. The van der Waals surface area contributed by atoms with E-state index in [-0.39, 0.29) is 17.3 Å². The monoisotopic (exact) mass is 348 g/mol. The third-order valence-corrected chi connectivity index (χ3v) is 4.53. The maximum atomic E-state index is 12.0. The minimum Gasteiger partial charge on any atom is -0.342 e. The van der Waals surface area contributed by atoms with Crippen LogP contribution in [0.25, 0.3) is 0 Å². The SMILES string of the molecule is CCN(CC)C(=O)CNS(=O)(=O)c1cccc(Br)c1. The van der Waals surface area contributed by atoms with Crippen LogP contribution in [0.4, 0.5) is 0 Å². The number of nitrogens with zero attached hydrogens (tertiary/aromatic N) is 1. The van der Waals surface area contributed by atoms with Crippen molar-refractivity contribution in [3.05, 3.63) is 28.7 Å². The Morgan fingerprint density at radius 1 is 1.32 bits per heavy atom. The van der Waals surface area contributed by atoms with E-state index in [4.69, 9.17) is 0 Å². The largest absolute Gasteiger partial charge is 0.342 e. The molecule has 1 aromatic rings.